The van der Waals surface area contributed by atoms with E-state index >= 15 is 0 Å². The SMILES string of the molecule is CC(NC(=O)CNC(=O)NC1CC1)C(=O)O. The van der Waals surface area contributed by atoms with Crippen LogP contribution in [0.4, 0.5) is 4.79 Å². The van der Waals surface area contributed by atoms with E-state index in [1.165, 1.54) is 6.92 Å². The predicted octanol–water partition coefficient (Wildman–Crippen LogP) is -0.963. The van der Waals surface area contributed by atoms with Gasteiger partial charge in [-0.3, -0.25) is 9.59 Å². The second-order valence-corrected chi connectivity index (χ2v) is 3.73. The average Bonchev–Trinajstić information content (AvgIpc) is 2.98. The van der Waals surface area contributed by atoms with Gasteiger partial charge in [0.25, 0.3) is 0 Å². The van der Waals surface area contributed by atoms with Crippen molar-refractivity contribution in [3.63, 3.8) is 0 Å². The topological polar surface area (TPSA) is 108 Å². The van der Waals surface area contributed by atoms with Crippen LogP contribution < -0.4 is 16.0 Å². The van der Waals surface area contributed by atoms with Gasteiger partial charge >= 0.3 is 12.0 Å². The first-order valence-corrected chi connectivity index (χ1v) is 5.05. The maximum Gasteiger partial charge on any atom is 0.325 e. The fraction of sp³-hybridized carbons (Fsp3) is 0.667. The zero-order valence-corrected chi connectivity index (χ0v) is 8.95. The number of nitrogens with one attached hydrogen (secondary N) is 3. The lowest BCUT2D eigenvalue weighted by Gasteiger charge is -2.10. The van der Waals surface area contributed by atoms with Crippen molar-refractivity contribution in [3.05, 3.63) is 0 Å². The number of hydrogen-bond donors (Lipinski definition) is 4. The van der Waals surface area contributed by atoms with Crippen molar-refractivity contribution in [1.29, 1.82) is 0 Å². The first kappa shape index (κ1) is 12.3. The lowest BCUT2D eigenvalue weighted by molar-refractivity contribution is -0.141. The Morgan fingerprint density at radius 3 is 2.50 bits per heavy atom. The molecule has 1 aliphatic carbocycles. The number of amides is 3. The fourth-order valence-electron chi connectivity index (χ4n) is 0.979. The molecule has 0 saturated heterocycles. The van der Waals surface area contributed by atoms with E-state index in [0.29, 0.717) is 0 Å². The van der Waals surface area contributed by atoms with Crippen LogP contribution in [0.25, 0.3) is 0 Å². The van der Waals surface area contributed by atoms with Crippen molar-refractivity contribution in [1.82, 2.24) is 16.0 Å². The van der Waals surface area contributed by atoms with Crippen LogP contribution in [0.1, 0.15) is 19.8 Å². The first-order valence-electron chi connectivity index (χ1n) is 5.05. The van der Waals surface area contributed by atoms with E-state index in [-0.39, 0.29) is 12.6 Å². The van der Waals surface area contributed by atoms with E-state index in [2.05, 4.69) is 16.0 Å². The number of carboxylic acid groups (broad SMARTS) is 1. The molecule has 1 rings (SSSR count). The van der Waals surface area contributed by atoms with Gasteiger partial charge in [0.15, 0.2) is 0 Å². The molecule has 3 amide bonds. The molecule has 1 atom stereocenters. The molecule has 90 valence electrons. The normalized spacial score (nSPS) is 16.1. The van der Waals surface area contributed by atoms with Gasteiger partial charge in [0, 0.05) is 6.04 Å². The average molecular weight is 229 g/mol. The van der Waals surface area contributed by atoms with Crippen LogP contribution in [0.15, 0.2) is 0 Å². The summed E-state index contributed by atoms with van der Waals surface area (Å²) in [5.41, 5.74) is 0. The molecular weight excluding hydrogens is 214 g/mol. The lowest BCUT2D eigenvalue weighted by Crippen LogP contribution is -2.46. The van der Waals surface area contributed by atoms with Gasteiger partial charge in [0.1, 0.15) is 6.04 Å². The van der Waals surface area contributed by atoms with Gasteiger partial charge in [0.05, 0.1) is 6.54 Å². The minimum atomic E-state index is -1.12. The van der Waals surface area contributed by atoms with E-state index in [0.717, 1.165) is 12.8 Å². The van der Waals surface area contributed by atoms with Gasteiger partial charge in [-0.2, -0.15) is 0 Å². The molecule has 0 radical (unpaired) electrons. The Kier molecular flexibility index (Phi) is 4.10. The summed E-state index contributed by atoms with van der Waals surface area (Å²) in [6.45, 7) is 1.13. The highest BCUT2D eigenvalue weighted by Crippen LogP contribution is 2.17. The van der Waals surface area contributed by atoms with Gasteiger partial charge < -0.3 is 21.1 Å². The van der Waals surface area contributed by atoms with Crippen LogP contribution in [0.3, 0.4) is 0 Å². The minimum absolute atomic E-state index is 0.223. The summed E-state index contributed by atoms with van der Waals surface area (Å²) in [4.78, 5) is 32.7. The van der Waals surface area contributed by atoms with E-state index in [1.54, 1.807) is 0 Å². The number of carbonyl (C=O) groups excluding carboxylic acids is 2. The molecule has 1 aliphatic rings. The van der Waals surface area contributed by atoms with Crippen molar-refractivity contribution in [2.45, 2.75) is 31.8 Å². The molecular formula is C9H15N3O4. The van der Waals surface area contributed by atoms with E-state index < -0.39 is 23.9 Å². The number of carbonyl (C=O) groups is 3. The summed E-state index contributed by atoms with van der Waals surface area (Å²) in [6, 6.07) is -1.14. The van der Waals surface area contributed by atoms with Crippen molar-refractivity contribution in [3.8, 4) is 0 Å². The highest BCUT2D eigenvalue weighted by Gasteiger charge is 2.23. The van der Waals surface area contributed by atoms with Gasteiger partial charge in [-0.15, -0.1) is 0 Å². The van der Waals surface area contributed by atoms with Gasteiger partial charge in [-0.05, 0) is 19.8 Å². The molecule has 1 saturated carbocycles. The van der Waals surface area contributed by atoms with Gasteiger partial charge in [0.2, 0.25) is 5.91 Å². The molecule has 1 fully saturated rings. The molecule has 0 spiro atoms. The third-order valence-corrected chi connectivity index (χ3v) is 2.07. The molecule has 0 aliphatic heterocycles. The maximum absolute atomic E-state index is 11.1. The summed E-state index contributed by atoms with van der Waals surface area (Å²) >= 11 is 0. The third kappa shape index (κ3) is 4.63. The molecule has 7 heteroatoms. The summed E-state index contributed by atoms with van der Waals surface area (Å²) in [6.07, 6.45) is 1.94. The molecule has 0 heterocycles. The summed E-state index contributed by atoms with van der Waals surface area (Å²) in [5, 5.41) is 15.7. The van der Waals surface area contributed by atoms with Crippen LogP contribution in [0, 0.1) is 0 Å². The van der Waals surface area contributed by atoms with Crippen molar-refractivity contribution in [2.24, 2.45) is 0 Å². The van der Waals surface area contributed by atoms with Crippen LogP contribution in [0.2, 0.25) is 0 Å². The Balaban J connectivity index is 2.13. The van der Waals surface area contributed by atoms with E-state index in [4.69, 9.17) is 5.11 Å². The van der Waals surface area contributed by atoms with E-state index in [1.807, 2.05) is 0 Å². The molecule has 0 aromatic rings. The fourth-order valence-corrected chi connectivity index (χ4v) is 0.979. The van der Waals surface area contributed by atoms with E-state index in [9.17, 15) is 14.4 Å². The van der Waals surface area contributed by atoms with Crippen LogP contribution >= 0.6 is 0 Å². The standard InChI is InChI=1S/C9H15N3O4/c1-5(8(14)15)11-7(13)4-10-9(16)12-6-2-3-6/h5-6H,2-4H2,1H3,(H,11,13)(H,14,15)(H2,10,12,16). The predicted molar refractivity (Wildman–Crippen MR) is 54.8 cm³/mol. The molecule has 0 aromatic heterocycles. The van der Waals surface area contributed by atoms with Crippen molar-refractivity contribution < 1.29 is 19.5 Å². The second kappa shape index (κ2) is 5.34. The molecule has 7 nitrogen and oxygen atoms in total. The number of aliphatic carboxylic acids is 1. The monoisotopic (exact) mass is 229 g/mol. The molecule has 1 unspecified atom stereocenters. The molecule has 0 aromatic carbocycles. The summed E-state index contributed by atoms with van der Waals surface area (Å²) in [7, 11) is 0. The highest BCUT2D eigenvalue weighted by atomic mass is 16.4. The largest absolute Gasteiger partial charge is 0.480 e. The van der Waals surface area contributed by atoms with Crippen molar-refractivity contribution in [2.75, 3.05) is 6.54 Å². The Morgan fingerprint density at radius 2 is 2.00 bits per heavy atom. The minimum Gasteiger partial charge on any atom is -0.480 e. The number of hydrogen-bond acceptors (Lipinski definition) is 3. The third-order valence-electron chi connectivity index (χ3n) is 2.07. The number of rotatable bonds is 5. The zero-order valence-electron chi connectivity index (χ0n) is 8.95. The lowest BCUT2D eigenvalue weighted by atomic mass is 10.3. The molecule has 16 heavy (non-hydrogen) atoms. The Morgan fingerprint density at radius 1 is 1.38 bits per heavy atom. The smallest absolute Gasteiger partial charge is 0.325 e. The first-order chi connectivity index (χ1) is 7.49. The second-order valence-electron chi connectivity index (χ2n) is 3.73. The zero-order chi connectivity index (χ0) is 12.1. The van der Waals surface area contributed by atoms with Crippen molar-refractivity contribution >= 4 is 17.9 Å². The van der Waals surface area contributed by atoms with Crippen LogP contribution in [-0.2, 0) is 9.59 Å². The molecule has 4 N–H and O–H groups in total. The quantitative estimate of drug-likeness (QED) is 0.487. The molecule has 0 bridgehead atoms. The summed E-state index contributed by atoms with van der Waals surface area (Å²) in [5.74, 6) is -1.64. The van der Waals surface area contributed by atoms with Crippen LogP contribution in [-0.4, -0.2) is 41.6 Å². The van der Waals surface area contributed by atoms with Crippen LogP contribution in [0.5, 0.6) is 0 Å². The van der Waals surface area contributed by atoms with Gasteiger partial charge in [-0.1, -0.05) is 0 Å². The Bertz CT molecular complexity index is 301. The van der Waals surface area contributed by atoms with Gasteiger partial charge in [-0.25, -0.2) is 4.79 Å². The number of carboxylic acids is 1. The Hall–Kier alpha value is -1.79. The number of urea groups is 1. The highest BCUT2D eigenvalue weighted by molar-refractivity contribution is 5.87. The summed E-state index contributed by atoms with van der Waals surface area (Å²) < 4.78 is 0. The Labute approximate surface area is 92.6 Å². The maximum atomic E-state index is 11.1.